The minimum atomic E-state index is -0.706. The Balaban J connectivity index is 1.63. The number of hydrogen-bond donors (Lipinski definition) is 1. The molecular formula is C26H24F2N4O2. The summed E-state index contributed by atoms with van der Waals surface area (Å²) in [6, 6.07) is 15.0. The molecule has 34 heavy (non-hydrogen) atoms. The maximum atomic E-state index is 14.8. The fourth-order valence-electron chi connectivity index (χ4n) is 3.90. The number of benzene rings is 3. The van der Waals surface area contributed by atoms with Gasteiger partial charge < -0.3 is 10.2 Å². The van der Waals surface area contributed by atoms with E-state index >= 15 is 0 Å². The minimum Gasteiger partial charge on any atom is -0.339 e. The van der Waals surface area contributed by atoms with Gasteiger partial charge in [0.15, 0.2) is 0 Å². The summed E-state index contributed by atoms with van der Waals surface area (Å²) in [6.07, 6.45) is 0. The van der Waals surface area contributed by atoms with Crippen molar-refractivity contribution in [3.8, 4) is 5.69 Å². The Hall–Kier alpha value is -4.07. The summed E-state index contributed by atoms with van der Waals surface area (Å²) in [4.78, 5) is 31.4. The fourth-order valence-corrected chi connectivity index (χ4v) is 3.90. The Morgan fingerprint density at radius 1 is 0.971 bits per heavy atom. The van der Waals surface area contributed by atoms with E-state index in [2.05, 4.69) is 10.3 Å². The molecule has 174 valence electrons. The second kappa shape index (κ2) is 9.43. The number of halogens is 2. The number of carbonyl (C=O) groups is 2. The van der Waals surface area contributed by atoms with Gasteiger partial charge in [0.1, 0.15) is 17.5 Å². The lowest BCUT2D eigenvalue weighted by atomic mass is 10.1. The largest absolute Gasteiger partial charge is 0.339 e. The topological polar surface area (TPSA) is 67.2 Å². The van der Waals surface area contributed by atoms with E-state index in [0.29, 0.717) is 46.9 Å². The van der Waals surface area contributed by atoms with E-state index in [1.54, 1.807) is 52.8 Å². The molecule has 6 nitrogen and oxygen atoms in total. The van der Waals surface area contributed by atoms with E-state index in [0.717, 1.165) is 0 Å². The number of nitrogens with zero attached hydrogens (tertiary/aromatic N) is 3. The molecule has 3 aromatic carbocycles. The number of hydrogen-bond acceptors (Lipinski definition) is 3. The molecule has 0 aliphatic carbocycles. The number of imidazole rings is 1. The molecule has 0 aliphatic heterocycles. The van der Waals surface area contributed by atoms with Crippen molar-refractivity contribution >= 4 is 28.5 Å². The molecule has 0 unspecified atom stereocenters. The van der Waals surface area contributed by atoms with Crippen molar-refractivity contribution in [3.63, 3.8) is 0 Å². The Bertz CT molecular complexity index is 1360. The van der Waals surface area contributed by atoms with E-state index in [1.165, 1.54) is 24.3 Å². The zero-order chi connectivity index (χ0) is 24.4. The molecule has 8 heteroatoms. The first kappa shape index (κ1) is 23.1. The summed E-state index contributed by atoms with van der Waals surface area (Å²) in [5, 5.41) is 2.68. The second-order valence-electron chi connectivity index (χ2n) is 7.80. The van der Waals surface area contributed by atoms with Gasteiger partial charge in [-0.15, -0.1) is 0 Å². The third-order valence-electron chi connectivity index (χ3n) is 5.68. The van der Waals surface area contributed by atoms with Crippen LogP contribution < -0.4 is 5.32 Å². The highest BCUT2D eigenvalue weighted by molar-refractivity contribution is 6.06. The lowest BCUT2D eigenvalue weighted by Crippen LogP contribution is -2.30. The van der Waals surface area contributed by atoms with Crippen LogP contribution in [0.2, 0.25) is 0 Å². The number of aromatic nitrogens is 2. The number of rotatable bonds is 6. The van der Waals surface area contributed by atoms with Crippen LogP contribution in [-0.2, 0) is 0 Å². The lowest BCUT2D eigenvalue weighted by molar-refractivity contribution is 0.0773. The molecule has 0 atom stereocenters. The number of anilines is 1. The number of carbonyl (C=O) groups excluding carboxylic acids is 2. The lowest BCUT2D eigenvalue weighted by Gasteiger charge is -2.18. The molecule has 1 heterocycles. The molecule has 4 aromatic rings. The van der Waals surface area contributed by atoms with Gasteiger partial charge in [0.2, 0.25) is 0 Å². The van der Waals surface area contributed by atoms with Gasteiger partial charge >= 0.3 is 0 Å². The van der Waals surface area contributed by atoms with E-state index < -0.39 is 11.7 Å². The van der Waals surface area contributed by atoms with Crippen LogP contribution in [0.1, 0.15) is 40.4 Å². The SMILES string of the molecule is CCN(CC)C(=O)c1ccc(NC(=O)c2cc3c(cc2F)nc(C)n3-c2ccc(F)cc2)cc1. The van der Waals surface area contributed by atoms with Crippen LogP contribution >= 0.6 is 0 Å². The molecule has 0 saturated heterocycles. The molecule has 0 bridgehead atoms. The van der Waals surface area contributed by atoms with Crippen molar-refractivity contribution in [2.75, 3.05) is 18.4 Å². The number of nitrogens with one attached hydrogen (secondary N) is 1. The molecule has 0 saturated carbocycles. The number of amides is 2. The average molecular weight is 463 g/mol. The standard InChI is InChI=1S/C26H24F2N4O2/c1-4-31(5-2)26(34)17-6-10-19(11-7-17)30-25(33)21-14-24-23(15-22(21)28)29-16(3)32(24)20-12-8-18(27)9-13-20/h6-15H,4-5H2,1-3H3,(H,30,33). The van der Waals surface area contributed by atoms with Gasteiger partial charge in [0.05, 0.1) is 16.6 Å². The Labute approximate surface area is 195 Å². The third kappa shape index (κ3) is 4.39. The second-order valence-corrected chi connectivity index (χ2v) is 7.80. The summed E-state index contributed by atoms with van der Waals surface area (Å²) < 4.78 is 29.9. The van der Waals surface area contributed by atoms with Gasteiger partial charge in [-0.05, 0) is 75.4 Å². The van der Waals surface area contributed by atoms with E-state index in [1.807, 2.05) is 13.8 Å². The van der Waals surface area contributed by atoms with Crippen molar-refractivity contribution in [2.45, 2.75) is 20.8 Å². The van der Waals surface area contributed by atoms with Gasteiger partial charge in [0, 0.05) is 36.1 Å². The highest BCUT2D eigenvalue weighted by Gasteiger charge is 2.19. The van der Waals surface area contributed by atoms with Crippen molar-refractivity contribution in [2.24, 2.45) is 0 Å². The van der Waals surface area contributed by atoms with Crippen LogP contribution in [0.15, 0.2) is 60.7 Å². The Morgan fingerprint density at radius 3 is 2.24 bits per heavy atom. The normalized spacial score (nSPS) is 11.0. The van der Waals surface area contributed by atoms with Crippen LogP contribution in [-0.4, -0.2) is 39.4 Å². The monoisotopic (exact) mass is 462 g/mol. The molecular weight excluding hydrogens is 438 g/mol. The van der Waals surface area contributed by atoms with Crippen molar-refractivity contribution in [1.82, 2.24) is 14.5 Å². The van der Waals surface area contributed by atoms with Crippen LogP contribution in [0.3, 0.4) is 0 Å². The minimum absolute atomic E-state index is 0.0937. The van der Waals surface area contributed by atoms with E-state index in [4.69, 9.17) is 0 Å². The molecule has 1 aromatic heterocycles. The predicted octanol–water partition coefficient (Wildman–Crippen LogP) is 5.35. The number of fused-ring (bicyclic) bond motifs is 1. The van der Waals surface area contributed by atoms with Gasteiger partial charge in [-0.2, -0.15) is 0 Å². The highest BCUT2D eigenvalue weighted by Crippen LogP contribution is 2.25. The quantitative estimate of drug-likeness (QED) is 0.420. The summed E-state index contributed by atoms with van der Waals surface area (Å²) >= 11 is 0. The van der Waals surface area contributed by atoms with E-state index in [-0.39, 0.29) is 17.3 Å². The van der Waals surface area contributed by atoms with Gasteiger partial charge in [-0.1, -0.05) is 0 Å². The third-order valence-corrected chi connectivity index (χ3v) is 5.68. The van der Waals surface area contributed by atoms with Gasteiger partial charge in [0.25, 0.3) is 11.8 Å². The average Bonchev–Trinajstić information content (AvgIpc) is 3.14. The summed E-state index contributed by atoms with van der Waals surface area (Å²) in [7, 11) is 0. The molecule has 0 radical (unpaired) electrons. The summed E-state index contributed by atoms with van der Waals surface area (Å²) in [6.45, 7) is 6.77. The van der Waals surface area contributed by atoms with E-state index in [9.17, 15) is 18.4 Å². The first-order valence-corrected chi connectivity index (χ1v) is 11.0. The van der Waals surface area contributed by atoms with Crippen molar-refractivity contribution in [1.29, 1.82) is 0 Å². The van der Waals surface area contributed by atoms with Crippen molar-refractivity contribution in [3.05, 3.63) is 89.2 Å². The first-order chi connectivity index (χ1) is 16.3. The zero-order valence-electron chi connectivity index (χ0n) is 19.1. The first-order valence-electron chi connectivity index (χ1n) is 11.0. The maximum Gasteiger partial charge on any atom is 0.258 e. The smallest absolute Gasteiger partial charge is 0.258 e. The van der Waals surface area contributed by atoms with Crippen LogP contribution in [0.25, 0.3) is 16.7 Å². The predicted molar refractivity (Wildman–Crippen MR) is 127 cm³/mol. The van der Waals surface area contributed by atoms with Gasteiger partial charge in [-0.25, -0.2) is 13.8 Å². The molecule has 1 N–H and O–H groups in total. The Morgan fingerprint density at radius 2 is 1.62 bits per heavy atom. The van der Waals surface area contributed by atoms with Crippen LogP contribution in [0.4, 0.5) is 14.5 Å². The maximum absolute atomic E-state index is 14.8. The van der Waals surface area contributed by atoms with Crippen LogP contribution in [0, 0.1) is 18.6 Å². The molecule has 0 aliphatic rings. The summed E-state index contributed by atoms with van der Waals surface area (Å²) in [5.74, 6) is -1.23. The Kier molecular flexibility index (Phi) is 6.40. The van der Waals surface area contributed by atoms with Crippen molar-refractivity contribution < 1.29 is 18.4 Å². The molecule has 2 amide bonds. The molecule has 4 rings (SSSR count). The fraction of sp³-hybridized carbons (Fsp3) is 0.192. The number of aryl methyl sites for hydroxylation is 1. The summed E-state index contributed by atoms with van der Waals surface area (Å²) in [5.41, 5.74) is 2.34. The van der Waals surface area contributed by atoms with Gasteiger partial charge in [-0.3, -0.25) is 14.2 Å². The molecule has 0 spiro atoms. The zero-order valence-corrected chi connectivity index (χ0v) is 19.1. The highest BCUT2D eigenvalue weighted by atomic mass is 19.1. The van der Waals surface area contributed by atoms with Crippen LogP contribution in [0.5, 0.6) is 0 Å². The molecule has 0 fully saturated rings.